The van der Waals surface area contributed by atoms with Crippen LogP contribution < -0.4 is 0 Å². The minimum Gasteiger partial charge on any atom is -0.501 e. The fraction of sp³-hybridized carbons (Fsp3) is 0.407. The van der Waals surface area contributed by atoms with Gasteiger partial charge in [0, 0.05) is 24.6 Å². The number of hydrogen-bond donors (Lipinski definition) is 0. The molecule has 1 aliphatic carbocycles. The van der Waals surface area contributed by atoms with E-state index >= 15 is 0 Å². The van der Waals surface area contributed by atoms with Gasteiger partial charge in [-0.05, 0) is 80.4 Å². The Morgan fingerprint density at radius 3 is 2.32 bits per heavy atom. The molecule has 182 valence electrons. The van der Waals surface area contributed by atoms with Crippen molar-refractivity contribution in [2.45, 2.75) is 37.0 Å². The fourth-order valence-corrected chi connectivity index (χ4v) is 6.45. The average molecular weight is 485 g/mol. The quantitative estimate of drug-likeness (QED) is 0.520. The maximum absolute atomic E-state index is 14.0. The molecule has 1 saturated heterocycles. The van der Waals surface area contributed by atoms with E-state index in [0.29, 0.717) is 13.0 Å². The van der Waals surface area contributed by atoms with Crippen molar-refractivity contribution in [1.82, 2.24) is 9.21 Å². The van der Waals surface area contributed by atoms with E-state index in [1.54, 1.807) is 11.4 Å². The van der Waals surface area contributed by atoms with Crippen LogP contribution in [0.3, 0.4) is 0 Å². The van der Waals surface area contributed by atoms with Crippen molar-refractivity contribution in [2.24, 2.45) is 5.92 Å². The van der Waals surface area contributed by atoms with E-state index in [2.05, 4.69) is 11.8 Å². The lowest BCUT2D eigenvalue weighted by Crippen LogP contribution is -2.41. The van der Waals surface area contributed by atoms with Crippen molar-refractivity contribution in [3.63, 3.8) is 0 Å². The number of halogens is 1. The second-order valence-electron chi connectivity index (χ2n) is 8.96. The number of sulfonamides is 1. The van der Waals surface area contributed by atoms with Crippen LogP contribution in [-0.4, -0.2) is 50.9 Å². The third-order valence-electron chi connectivity index (χ3n) is 6.93. The van der Waals surface area contributed by atoms with E-state index in [1.165, 1.54) is 24.3 Å². The Balaban J connectivity index is 1.75. The molecule has 1 aliphatic heterocycles. The van der Waals surface area contributed by atoms with E-state index in [0.717, 1.165) is 49.5 Å². The Kier molecular flexibility index (Phi) is 7.73. The van der Waals surface area contributed by atoms with Crippen molar-refractivity contribution in [1.29, 1.82) is 0 Å². The molecule has 4 rings (SSSR count). The zero-order chi connectivity index (χ0) is 24.1. The van der Waals surface area contributed by atoms with E-state index in [9.17, 15) is 12.8 Å². The number of allylic oxidation sites excluding steroid dienone is 4. The monoisotopic (exact) mass is 484 g/mol. The number of ether oxygens (including phenoxy) is 1. The smallest absolute Gasteiger partial charge is 0.264 e. The molecule has 2 aliphatic rings. The van der Waals surface area contributed by atoms with Crippen LogP contribution in [0.1, 0.15) is 37.7 Å². The summed E-state index contributed by atoms with van der Waals surface area (Å²) >= 11 is 0. The molecule has 0 saturated carbocycles. The first-order valence-corrected chi connectivity index (χ1v) is 13.4. The van der Waals surface area contributed by atoms with Gasteiger partial charge in [0.1, 0.15) is 5.82 Å². The van der Waals surface area contributed by atoms with Crippen LogP contribution in [0.4, 0.5) is 4.39 Å². The largest absolute Gasteiger partial charge is 0.501 e. The fourth-order valence-electron chi connectivity index (χ4n) is 4.85. The van der Waals surface area contributed by atoms with Crippen LogP contribution in [0.15, 0.2) is 83.1 Å². The minimum absolute atomic E-state index is 0.106. The van der Waals surface area contributed by atoms with Crippen molar-refractivity contribution in [2.75, 3.05) is 33.3 Å². The summed E-state index contributed by atoms with van der Waals surface area (Å²) in [7, 11) is -2.25. The van der Waals surface area contributed by atoms with Gasteiger partial charge in [-0.15, -0.1) is 0 Å². The number of rotatable bonds is 8. The Morgan fingerprint density at radius 2 is 1.71 bits per heavy atom. The summed E-state index contributed by atoms with van der Waals surface area (Å²) in [6, 6.07) is 15.1. The Bertz CT molecular complexity index is 1120. The van der Waals surface area contributed by atoms with Crippen molar-refractivity contribution < 1.29 is 17.5 Å². The van der Waals surface area contributed by atoms with Crippen LogP contribution in [0.25, 0.3) is 0 Å². The summed E-state index contributed by atoms with van der Waals surface area (Å²) in [5, 5.41) is 0. The maximum Gasteiger partial charge on any atom is 0.264 e. The molecule has 1 fully saturated rings. The van der Waals surface area contributed by atoms with E-state index in [1.807, 2.05) is 42.5 Å². The second kappa shape index (κ2) is 10.7. The summed E-state index contributed by atoms with van der Waals surface area (Å²) in [4.78, 5) is 2.50. The van der Waals surface area contributed by atoms with Crippen molar-refractivity contribution >= 4 is 10.0 Å². The highest BCUT2D eigenvalue weighted by molar-refractivity contribution is 7.89. The molecule has 0 bridgehead atoms. The van der Waals surface area contributed by atoms with Gasteiger partial charge in [0.05, 0.1) is 17.8 Å². The van der Waals surface area contributed by atoms with Gasteiger partial charge in [-0.2, -0.15) is 0 Å². The maximum atomic E-state index is 14.0. The molecule has 1 atom stereocenters. The van der Waals surface area contributed by atoms with Gasteiger partial charge in [-0.1, -0.05) is 37.3 Å². The molecule has 1 heterocycles. The van der Waals surface area contributed by atoms with Crippen LogP contribution in [0, 0.1) is 11.7 Å². The first-order chi connectivity index (χ1) is 16.4. The first kappa shape index (κ1) is 24.5. The molecule has 5 nitrogen and oxygen atoms in total. The lowest BCUT2D eigenvalue weighted by atomic mass is 9.87. The van der Waals surface area contributed by atoms with E-state index < -0.39 is 15.8 Å². The molecule has 0 N–H and O–H groups in total. The van der Waals surface area contributed by atoms with Gasteiger partial charge in [0.15, 0.2) is 0 Å². The molecule has 2 aromatic carbocycles. The van der Waals surface area contributed by atoms with Gasteiger partial charge in [0.25, 0.3) is 10.0 Å². The first-order valence-electron chi connectivity index (χ1n) is 11.9. The Morgan fingerprint density at radius 1 is 1.03 bits per heavy atom. The number of piperidine rings is 1. The predicted molar refractivity (Wildman–Crippen MR) is 132 cm³/mol. The van der Waals surface area contributed by atoms with Gasteiger partial charge >= 0.3 is 0 Å². The van der Waals surface area contributed by atoms with E-state index in [-0.39, 0.29) is 16.7 Å². The summed E-state index contributed by atoms with van der Waals surface area (Å²) in [5.41, 5.74) is 1.77. The van der Waals surface area contributed by atoms with Crippen molar-refractivity contribution in [3.8, 4) is 0 Å². The molecule has 0 amide bonds. The van der Waals surface area contributed by atoms with Crippen LogP contribution in [0.2, 0.25) is 0 Å². The molecule has 0 spiro atoms. The Labute approximate surface area is 202 Å². The summed E-state index contributed by atoms with van der Waals surface area (Å²) in [6.45, 7) is 5.52. The highest BCUT2D eigenvalue weighted by Crippen LogP contribution is 2.39. The standard InChI is InChI=1S/C27H33FN2O3S/c1-3-29-17-15-21(16-18-29)20-30(34(31,32)25-12-9-23(28)10-13-25)27-14-11-24(33-2)19-26(27)22-7-5-4-6-8-22/h4-14,21,26H,3,15-20H2,1-2H3. The lowest BCUT2D eigenvalue weighted by molar-refractivity contribution is 0.178. The SMILES string of the molecule is CCN1CCC(CN(C2=CC=C(OC)CC2c2ccccc2)S(=O)(=O)c2ccc(F)cc2)CC1. The molecule has 7 heteroatoms. The highest BCUT2D eigenvalue weighted by atomic mass is 32.2. The molecule has 1 unspecified atom stereocenters. The number of methoxy groups -OCH3 is 1. The molecule has 2 aromatic rings. The zero-order valence-corrected chi connectivity index (χ0v) is 20.7. The molecular formula is C27H33FN2O3S. The highest BCUT2D eigenvalue weighted by Gasteiger charge is 2.35. The minimum atomic E-state index is -3.89. The van der Waals surface area contributed by atoms with Crippen LogP contribution in [-0.2, 0) is 14.8 Å². The van der Waals surface area contributed by atoms with Gasteiger partial charge in [-0.3, -0.25) is 4.31 Å². The molecule has 0 radical (unpaired) electrons. The normalized spacial score (nSPS) is 19.9. The summed E-state index contributed by atoms with van der Waals surface area (Å²) < 4.78 is 48.6. The molecule has 34 heavy (non-hydrogen) atoms. The van der Waals surface area contributed by atoms with Crippen LogP contribution in [0.5, 0.6) is 0 Å². The summed E-state index contributed by atoms with van der Waals surface area (Å²) in [6.07, 6.45) is 6.22. The number of benzene rings is 2. The van der Waals surface area contributed by atoms with Gasteiger partial charge in [0.2, 0.25) is 0 Å². The number of likely N-dealkylation sites (tertiary alicyclic amines) is 1. The lowest BCUT2D eigenvalue weighted by Gasteiger charge is -2.38. The summed E-state index contributed by atoms with van der Waals surface area (Å²) in [5.74, 6) is 0.451. The Hall–Kier alpha value is -2.64. The average Bonchev–Trinajstić information content (AvgIpc) is 2.88. The zero-order valence-electron chi connectivity index (χ0n) is 19.9. The molecular weight excluding hydrogens is 451 g/mol. The predicted octanol–water partition coefficient (Wildman–Crippen LogP) is 5.15. The second-order valence-corrected chi connectivity index (χ2v) is 10.8. The van der Waals surface area contributed by atoms with Gasteiger partial charge < -0.3 is 9.64 Å². The number of hydrogen-bond acceptors (Lipinski definition) is 4. The number of nitrogens with zero attached hydrogens (tertiary/aromatic N) is 2. The van der Waals surface area contributed by atoms with Gasteiger partial charge in [-0.25, -0.2) is 12.8 Å². The van der Waals surface area contributed by atoms with Crippen LogP contribution >= 0.6 is 0 Å². The third kappa shape index (κ3) is 5.36. The molecule has 0 aromatic heterocycles. The topological polar surface area (TPSA) is 49.9 Å². The van der Waals surface area contributed by atoms with E-state index in [4.69, 9.17) is 4.74 Å². The van der Waals surface area contributed by atoms with Crippen molar-refractivity contribution in [3.05, 3.63) is 89.6 Å². The third-order valence-corrected chi connectivity index (χ3v) is 8.74.